The first kappa shape index (κ1) is 15.2. The number of piperazine rings is 1. The van der Waals surface area contributed by atoms with Gasteiger partial charge in [0.15, 0.2) is 10.6 Å². The molecule has 0 aliphatic carbocycles. The molecule has 11 heteroatoms. The third-order valence-electron chi connectivity index (χ3n) is 3.45. The predicted octanol–water partition coefficient (Wildman–Crippen LogP) is -0.415. The molecule has 122 valence electrons. The number of amides is 2. The molecule has 0 radical (unpaired) electrons. The summed E-state index contributed by atoms with van der Waals surface area (Å²) in [5.41, 5.74) is 8.13. The molecule has 2 amide bonds. The molecule has 0 atom stereocenters. The van der Waals surface area contributed by atoms with Crippen molar-refractivity contribution in [1.29, 1.82) is 0 Å². The maximum atomic E-state index is 11.8. The maximum absolute atomic E-state index is 11.8. The van der Waals surface area contributed by atoms with Crippen molar-refractivity contribution in [2.24, 2.45) is 0 Å². The van der Waals surface area contributed by atoms with Crippen LogP contribution in [0.5, 0.6) is 0 Å². The molecule has 0 unspecified atom stereocenters. The number of carboxylic acid groups (broad SMARTS) is 1. The van der Waals surface area contributed by atoms with Crippen molar-refractivity contribution in [1.82, 2.24) is 25.2 Å². The van der Waals surface area contributed by atoms with Crippen molar-refractivity contribution in [3.05, 3.63) is 5.51 Å². The minimum absolute atomic E-state index is 0.193. The standard InChI is InChI=1S/C12H15N7O3S/c13-11-16-9(8-10(17-11)23-6-15-8)18-1-3-19(4-2-18)12(22)14-5-7(20)21/h6H,1-5H2,(H,14,22)(H,20,21)(H2,13,16,17). The van der Waals surface area contributed by atoms with Gasteiger partial charge in [-0.05, 0) is 0 Å². The number of nitrogens with one attached hydrogen (secondary N) is 1. The minimum Gasteiger partial charge on any atom is -0.480 e. The number of aromatic nitrogens is 3. The van der Waals surface area contributed by atoms with Crippen LogP contribution in [0, 0.1) is 0 Å². The van der Waals surface area contributed by atoms with Crippen LogP contribution in [0.25, 0.3) is 10.3 Å². The number of nitrogens with zero attached hydrogens (tertiary/aromatic N) is 5. The van der Waals surface area contributed by atoms with Crippen LogP contribution in [0.15, 0.2) is 5.51 Å². The first-order valence-electron chi connectivity index (χ1n) is 6.91. The van der Waals surface area contributed by atoms with E-state index in [2.05, 4.69) is 20.3 Å². The molecule has 23 heavy (non-hydrogen) atoms. The average molecular weight is 337 g/mol. The fourth-order valence-electron chi connectivity index (χ4n) is 2.37. The highest BCUT2D eigenvalue weighted by Crippen LogP contribution is 2.26. The van der Waals surface area contributed by atoms with Crippen LogP contribution in [-0.2, 0) is 4.79 Å². The highest BCUT2D eigenvalue weighted by atomic mass is 32.1. The van der Waals surface area contributed by atoms with Crippen LogP contribution in [0.4, 0.5) is 16.6 Å². The SMILES string of the molecule is Nc1nc(N2CCN(C(=O)NCC(=O)O)CC2)c2ncsc2n1. The number of anilines is 2. The molecule has 3 heterocycles. The van der Waals surface area contributed by atoms with Crippen molar-refractivity contribution in [3.63, 3.8) is 0 Å². The Morgan fingerprint density at radius 3 is 2.74 bits per heavy atom. The molecule has 1 fully saturated rings. The number of carbonyl (C=O) groups excluding carboxylic acids is 1. The Kier molecular flexibility index (Phi) is 4.10. The fourth-order valence-corrected chi connectivity index (χ4v) is 3.03. The van der Waals surface area contributed by atoms with E-state index in [4.69, 9.17) is 10.8 Å². The smallest absolute Gasteiger partial charge is 0.323 e. The second-order valence-corrected chi connectivity index (χ2v) is 5.77. The van der Waals surface area contributed by atoms with E-state index in [-0.39, 0.29) is 18.5 Å². The zero-order valence-corrected chi connectivity index (χ0v) is 12.9. The summed E-state index contributed by atoms with van der Waals surface area (Å²) < 4.78 is 0. The van der Waals surface area contributed by atoms with Gasteiger partial charge in [0.2, 0.25) is 5.95 Å². The Bertz CT molecular complexity index is 741. The lowest BCUT2D eigenvalue weighted by Gasteiger charge is -2.35. The molecule has 1 aliphatic rings. The number of rotatable bonds is 3. The first-order chi connectivity index (χ1) is 11.0. The number of urea groups is 1. The van der Waals surface area contributed by atoms with E-state index in [1.807, 2.05) is 4.90 Å². The molecule has 1 saturated heterocycles. The number of carboxylic acids is 1. The summed E-state index contributed by atoms with van der Waals surface area (Å²) in [6.45, 7) is 1.65. The van der Waals surface area contributed by atoms with Gasteiger partial charge in [0, 0.05) is 26.2 Å². The van der Waals surface area contributed by atoms with Gasteiger partial charge in [-0.1, -0.05) is 0 Å². The van der Waals surface area contributed by atoms with Crippen LogP contribution >= 0.6 is 11.3 Å². The van der Waals surface area contributed by atoms with Gasteiger partial charge in [-0.15, -0.1) is 11.3 Å². The molecule has 4 N–H and O–H groups in total. The van der Waals surface area contributed by atoms with Gasteiger partial charge in [-0.25, -0.2) is 14.8 Å². The van der Waals surface area contributed by atoms with E-state index in [1.165, 1.54) is 11.3 Å². The van der Waals surface area contributed by atoms with Gasteiger partial charge < -0.3 is 26.0 Å². The van der Waals surface area contributed by atoms with Crippen molar-refractivity contribution < 1.29 is 14.7 Å². The monoisotopic (exact) mass is 337 g/mol. The van der Waals surface area contributed by atoms with Crippen molar-refractivity contribution in [2.75, 3.05) is 43.4 Å². The molecule has 3 rings (SSSR count). The molecule has 0 spiro atoms. The molecule has 2 aromatic rings. The number of nitrogen functional groups attached to an aromatic ring is 1. The van der Waals surface area contributed by atoms with Crippen molar-refractivity contribution in [2.45, 2.75) is 0 Å². The third kappa shape index (κ3) is 3.23. The van der Waals surface area contributed by atoms with Crippen LogP contribution in [0.2, 0.25) is 0 Å². The Balaban J connectivity index is 1.67. The summed E-state index contributed by atoms with van der Waals surface area (Å²) in [5.74, 6) is -0.211. The summed E-state index contributed by atoms with van der Waals surface area (Å²) in [5, 5.41) is 10.9. The van der Waals surface area contributed by atoms with E-state index >= 15 is 0 Å². The van der Waals surface area contributed by atoms with E-state index in [0.717, 1.165) is 4.83 Å². The molecular weight excluding hydrogens is 322 g/mol. The summed E-state index contributed by atoms with van der Waals surface area (Å²) >= 11 is 1.40. The lowest BCUT2D eigenvalue weighted by atomic mass is 10.3. The predicted molar refractivity (Wildman–Crippen MR) is 84.4 cm³/mol. The van der Waals surface area contributed by atoms with Gasteiger partial charge in [0.05, 0.1) is 5.51 Å². The summed E-state index contributed by atoms with van der Waals surface area (Å²) in [6.07, 6.45) is 0. The lowest BCUT2D eigenvalue weighted by molar-refractivity contribution is -0.135. The van der Waals surface area contributed by atoms with Crippen LogP contribution in [0.3, 0.4) is 0 Å². The molecular formula is C12H15N7O3S. The topological polar surface area (TPSA) is 138 Å². The average Bonchev–Trinajstić information content (AvgIpc) is 3.00. The summed E-state index contributed by atoms with van der Waals surface area (Å²) in [4.78, 5) is 39.3. The highest BCUT2D eigenvalue weighted by molar-refractivity contribution is 7.16. The highest BCUT2D eigenvalue weighted by Gasteiger charge is 2.24. The number of nitrogens with two attached hydrogens (primary N) is 1. The lowest BCUT2D eigenvalue weighted by Crippen LogP contribution is -2.52. The summed E-state index contributed by atoms with van der Waals surface area (Å²) in [7, 11) is 0. The van der Waals surface area contributed by atoms with E-state index in [1.54, 1.807) is 10.4 Å². The number of hydrogen-bond donors (Lipinski definition) is 3. The Morgan fingerprint density at radius 2 is 2.04 bits per heavy atom. The molecule has 10 nitrogen and oxygen atoms in total. The maximum Gasteiger partial charge on any atom is 0.323 e. The zero-order valence-electron chi connectivity index (χ0n) is 12.1. The Labute approximate surface area is 134 Å². The molecule has 0 saturated carbocycles. The fraction of sp³-hybridized carbons (Fsp3) is 0.417. The largest absolute Gasteiger partial charge is 0.480 e. The number of hydrogen-bond acceptors (Lipinski definition) is 8. The molecule has 0 bridgehead atoms. The Hall–Kier alpha value is -2.69. The zero-order chi connectivity index (χ0) is 16.4. The normalized spacial score (nSPS) is 15.0. The van der Waals surface area contributed by atoms with Crippen molar-refractivity contribution in [3.8, 4) is 0 Å². The minimum atomic E-state index is -1.07. The Morgan fingerprint density at radius 1 is 1.30 bits per heavy atom. The first-order valence-corrected chi connectivity index (χ1v) is 7.79. The second-order valence-electron chi connectivity index (χ2n) is 4.94. The van der Waals surface area contributed by atoms with Crippen LogP contribution < -0.4 is 16.0 Å². The number of fused-ring (bicyclic) bond motifs is 1. The number of aliphatic carboxylic acids is 1. The van der Waals surface area contributed by atoms with E-state index in [0.29, 0.717) is 37.5 Å². The van der Waals surface area contributed by atoms with Gasteiger partial charge in [-0.2, -0.15) is 4.98 Å². The van der Waals surface area contributed by atoms with Crippen LogP contribution in [0.1, 0.15) is 0 Å². The molecule has 2 aromatic heterocycles. The van der Waals surface area contributed by atoms with Gasteiger partial charge in [0.1, 0.15) is 12.1 Å². The van der Waals surface area contributed by atoms with E-state index < -0.39 is 5.97 Å². The quantitative estimate of drug-likeness (QED) is 0.687. The summed E-state index contributed by atoms with van der Waals surface area (Å²) in [6, 6.07) is -0.381. The van der Waals surface area contributed by atoms with Crippen LogP contribution in [-0.4, -0.2) is 69.7 Å². The third-order valence-corrected chi connectivity index (χ3v) is 4.17. The number of thiazole rings is 1. The van der Waals surface area contributed by atoms with Gasteiger partial charge in [0.25, 0.3) is 0 Å². The van der Waals surface area contributed by atoms with E-state index in [9.17, 15) is 9.59 Å². The number of carbonyl (C=O) groups is 2. The molecule has 1 aliphatic heterocycles. The van der Waals surface area contributed by atoms with Gasteiger partial charge in [-0.3, -0.25) is 4.79 Å². The second kappa shape index (κ2) is 6.20. The molecule has 0 aromatic carbocycles. The van der Waals surface area contributed by atoms with Gasteiger partial charge >= 0.3 is 12.0 Å². The van der Waals surface area contributed by atoms with Crippen molar-refractivity contribution >= 4 is 45.5 Å².